The minimum Gasteiger partial charge on any atom is -1.00 e. The van der Waals surface area contributed by atoms with E-state index in [1.54, 1.807) is 72.8 Å². The van der Waals surface area contributed by atoms with Crippen molar-refractivity contribution in [1.82, 2.24) is 31.1 Å². The topological polar surface area (TPSA) is 311 Å². The molecule has 131 heavy (non-hydrogen) atoms. The molecule has 0 aliphatic carbocycles. The average molecular weight is 2090 g/mol. The molecular formula is C88H79B2Br2F8N8NaO13S7Si2. The molecule has 0 saturated heterocycles. The van der Waals surface area contributed by atoms with Gasteiger partial charge in [-0.15, -0.1) is 56.7 Å². The molecule has 2 atom stereocenters. The molecule has 10 aromatic heterocycles. The Morgan fingerprint density at radius 3 is 1.06 bits per heavy atom. The van der Waals surface area contributed by atoms with Crippen molar-refractivity contribution in [3.63, 3.8) is 0 Å². The van der Waals surface area contributed by atoms with E-state index in [2.05, 4.69) is 107 Å². The van der Waals surface area contributed by atoms with Gasteiger partial charge in [-0.25, -0.2) is 46.9 Å². The fourth-order valence-corrected chi connectivity index (χ4v) is 23.9. The molecule has 15 aromatic rings. The molecule has 5 aromatic carbocycles. The molecule has 7 N–H and O–H groups in total. The fourth-order valence-electron chi connectivity index (χ4n) is 13.9. The molecule has 43 heteroatoms. The molecule has 4 radical (unpaired) electrons. The van der Waals surface area contributed by atoms with Crippen LogP contribution in [0.5, 0.6) is 28.7 Å². The number of rotatable bonds is 12. The molecule has 0 amide bonds. The van der Waals surface area contributed by atoms with Crippen LogP contribution in [0.25, 0.3) is 112 Å². The summed E-state index contributed by atoms with van der Waals surface area (Å²) in [6.07, 6.45) is -1.50. The van der Waals surface area contributed by atoms with Gasteiger partial charge in [-0.1, -0.05) is 107 Å². The van der Waals surface area contributed by atoms with Gasteiger partial charge in [-0.05, 0) is 130 Å². The number of hydrogen-bond donors (Lipinski definition) is 5. The van der Waals surface area contributed by atoms with Gasteiger partial charge in [0.2, 0.25) is 16.6 Å². The number of carbonyl (C=O) groups is 2. The number of pyridine rings is 5. The van der Waals surface area contributed by atoms with Crippen molar-refractivity contribution < 1.29 is 126 Å². The van der Waals surface area contributed by atoms with Crippen LogP contribution >= 0.6 is 101 Å². The number of alkyl halides is 5. The molecule has 0 fully saturated rings. The number of ether oxygens (including phenoxy) is 5. The first-order valence-electron chi connectivity index (χ1n) is 38.3. The first-order chi connectivity index (χ1) is 60.4. The molecule has 21 nitrogen and oxygen atoms in total. The zero-order chi connectivity index (χ0) is 91.0. The molecule has 5 aliphatic rings. The zero-order valence-corrected chi connectivity index (χ0v) is 83.1. The molecular weight excluding hydrogens is 2010 g/mol. The summed E-state index contributed by atoms with van der Waals surface area (Å²) < 4.78 is 170. The van der Waals surface area contributed by atoms with Crippen LogP contribution in [0.15, 0.2) is 163 Å². The van der Waals surface area contributed by atoms with Gasteiger partial charge in [0, 0.05) is 82.0 Å². The number of Topliss-reactive ketones (excluding diaryl/α,β-unsaturated/α-hetero) is 2. The van der Waals surface area contributed by atoms with Gasteiger partial charge in [0.25, 0.3) is 0 Å². The number of hydrogen-bond acceptors (Lipinski definition) is 27. The fraction of sp³-hybridized carbons (Fsp3) is 0.216. The van der Waals surface area contributed by atoms with Crippen molar-refractivity contribution in [2.45, 2.75) is 104 Å². The Bertz CT molecular complexity index is 6860. The van der Waals surface area contributed by atoms with Crippen LogP contribution < -0.4 is 65.1 Å². The third-order valence-corrected chi connectivity index (χ3v) is 30.6. The largest absolute Gasteiger partial charge is 1.00 e. The number of aliphatic hydroxyl groups is 2. The summed E-state index contributed by atoms with van der Waals surface area (Å²) in [5, 5.41) is 24.7. The van der Waals surface area contributed by atoms with Gasteiger partial charge in [-0.3, -0.25) is 9.59 Å². The van der Waals surface area contributed by atoms with E-state index in [1.165, 1.54) is 114 Å². The predicted octanol–water partition coefficient (Wildman–Crippen LogP) is 21.4. The smallest absolute Gasteiger partial charge is 1.00 e. The third-order valence-electron chi connectivity index (χ3n) is 19.2. The zero-order valence-electron chi connectivity index (χ0n) is 71.1. The Morgan fingerprint density at radius 2 is 0.794 bits per heavy atom. The molecule has 2 unspecified atom stereocenters. The number of ketones is 2. The monoisotopic (exact) mass is 2090 g/mol. The van der Waals surface area contributed by atoms with E-state index in [0.29, 0.717) is 148 Å². The Hall–Kier alpha value is -8.61. The second kappa shape index (κ2) is 43.4. The number of carbonyl (C=O) groups excluding carboxylic acids is 2. The summed E-state index contributed by atoms with van der Waals surface area (Å²) in [5.41, 5.74) is 10.5. The van der Waals surface area contributed by atoms with Crippen LogP contribution in [0.1, 0.15) is 90.4 Å². The molecule has 0 saturated carbocycles. The Balaban J connectivity index is 0.000000177. The van der Waals surface area contributed by atoms with Crippen LogP contribution in [-0.4, -0.2) is 111 Å². The standard InChI is InChI=1S/C19H18FNO2SSi.C16H11BrFNO2S.C16H9BrFNO2S.C16H13FN2O2S.C16H10FNO2S.C4H9F3O3SSi.CH4.BHNS.B.H3N.Na.H/c1-11(23-25(2,3)4)14-8-9-15-18(21-14)17-12-6-5-7-13(20)19(12)24-16(17)10-22-15;2*17-6-11(20)10-4-5-12-15(19-10)14-8-2-1-3-9(18)16(8)22-13(14)7-21-12;17-9-3-1-2-8-14-13(22-16(8)9)7-21-12-5-4-10(11(20)6-18)19-15(12)14;1-8(19)11-5-6-12-15(18-11)14-9-3-2-4-10(17)16(9)21-13(14)7-20-12;1-12(2,3)10-11(8,9)4(5,6)7;;1-2-3;;;;/h5-9H,1,10H2,2-4H3;1-5,11,20H,6-7H2;1-5H,6-7H2;1-5,11,20H,6-7,18H2;2-6H,7H2,1H3;1-3H3;1H4;3H;;1H3;;/q;;;;;;;;;;+1;-1. The Morgan fingerprint density at radius 1 is 0.519 bits per heavy atom. The van der Waals surface area contributed by atoms with E-state index < -0.39 is 44.5 Å². The first kappa shape index (κ1) is 104. The SMILES string of the molecule is C.C=C(O[Si](C)(C)C)c1ccc2c(n1)-c1c(sc3c(F)cccc13)CO2.CC(=O)c1ccc2c(n1)-c1c(sc3c(F)cccc13)CO2.C[Si](C)(C)OS(=O)(=O)C(F)(F)F.N.NCC(O)c1ccc2c(n1)-c1c(sc3c(F)cccc13)CO2.O=C(CBr)c1ccc2c(n1)-c1c(sc3c(F)cccc13)CO2.OC(CBr)c1ccc2c(n1)-c1c(sc3c(F)cccc13)CO2.[B].[B]=NS.[H-].[Na+]. The van der Waals surface area contributed by atoms with Crippen LogP contribution in [0.2, 0.25) is 39.3 Å². The summed E-state index contributed by atoms with van der Waals surface area (Å²) in [5.74, 6) is 2.50. The maximum absolute atomic E-state index is 14.2. The quantitative estimate of drug-likeness (QED) is 0.0144. The van der Waals surface area contributed by atoms with Gasteiger partial charge < -0.3 is 55.5 Å². The number of nitrogens with two attached hydrogens (primary N) is 1. The summed E-state index contributed by atoms with van der Waals surface area (Å²) in [4.78, 5) is 50.9. The van der Waals surface area contributed by atoms with Crippen LogP contribution in [0.3, 0.4) is 0 Å². The van der Waals surface area contributed by atoms with Gasteiger partial charge in [-0.2, -0.15) is 21.6 Å². The van der Waals surface area contributed by atoms with Gasteiger partial charge >= 0.3 is 69.9 Å². The van der Waals surface area contributed by atoms with Crippen molar-refractivity contribution >= 4 is 212 Å². The van der Waals surface area contributed by atoms with Crippen LogP contribution in [0.4, 0.5) is 35.1 Å². The van der Waals surface area contributed by atoms with Crippen molar-refractivity contribution in [2.24, 2.45) is 10.0 Å². The third kappa shape index (κ3) is 22.5. The summed E-state index contributed by atoms with van der Waals surface area (Å²) in [6, 6.07) is 42.9. The summed E-state index contributed by atoms with van der Waals surface area (Å²) in [7, 11) is -5.53. The average Bonchev–Trinajstić information content (AvgIpc) is 1.61. The van der Waals surface area contributed by atoms with Crippen LogP contribution in [0, 0.1) is 29.1 Å². The number of fused-ring (bicyclic) bond motifs is 25. The number of aromatic nitrogens is 5. The second-order valence-electron chi connectivity index (χ2n) is 30.2. The Labute approximate surface area is 818 Å². The van der Waals surface area contributed by atoms with E-state index >= 15 is 0 Å². The minimum atomic E-state index is -5.39. The number of halogens is 10. The molecule has 0 spiro atoms. The maximum atomic E-state index is 14.2. The normalized spacial score (nSPS) is 12.9. The van der Waals surface area contributed by atoms with E-state index in [4.69, 9.17) is 38.8 Å². The van der Waals surface area contributed by atoms with Crippen molar-refractivity contribution in [1.29, 1.82) is 0 Å². The van der Waals surface area contributed by atoms with E-state index in [-0.39, 0.29) is 106 Å². The predicted molar refractivity (Wildman–Crippen MR) is 516 cm³/mol. The first-order valence-corrected chi connectivity index (χ1v) is 53.2. The number of thiol groups is 1. The van der Waals surface area contributed by atoms with E-state index in [0.717, 1.165) is 84.8 Å². The Kier molecular flexibility index (Phi) is 34.6. The molecule has 20 rings (SSSR count). The molecule has 0 bridgehead atoms. The van der Waals surface area contributed by atoms with Gasteiger partial charge in [0.15, 0.2) is 11.6 Å². The number of thiophene rings is 5. The van der Waals surface area contributed by atoms with Gasteiger partial charge in [0.05, 0.1) is 64.6 Å². The van der Waals surface area contributed by atoms with E-state index in [9.17, 15) is 63.3 Å². The van der Waals surface area contributed by atoms with E-state index in [1.807, 2.05) is 48.5 Å². The minimum absolute atomic E-state index is 0. The second-order valence-corrected chi connectivity index (χ2v) is 47.9. The molecule has 15 heterocycles. The van der Waals surface area contributed by atoms with Crippen molar-refractivity contribution in [2.75, 3.05) is 17.2 Å². The van der Waals surface area contributed by atoms with Crippen LogP contribution in [-0.2, 0) is 51.5 Å². The summed E-state index contributed by atoms with van der Waals surface area (Å²) in [6.45, 7) is 18.1. The number of nitrogens with zero attached hydrogens (tertiary/aromatic N) is 6. The number of aliphatic hydroxyl groups excluding tert-OH is 2. The van der Waals surface area contributed by atoms with Gasteiger partial charge in [0.1, 0.15) is 154 Å². The summed E-state index contributed by atoms with van der Waals surface area (Å²) >= 11 is 16.6. The van der Waals surface area contributed by atoms with Crippen molar-refractivity contribution in [3.8, 4) is 85.0 Å². The van der Waals surface area contributed by atoms with Crippen molar-refractivity contribution in [3.05, 3.63) is 240 Å². The molecule has 676 valence electrons. The number of benzene rings is 5. The maximum Gasteiger partial charge on any atom is 1.00 e. The molecule has 5 aliphatic heterocycles.